The molecule has 174 valence electrons. The molecule has 0 bridgehead atoms. The number of furan rings is 1. The minimum atomic E-state index is -0.292. The van der Waals surface area contributed by atoms with Crippen LogP contribution in [0.4, 0.5) is 0 Å². The van der Waals surface area contributed by atoms with E-state index in [9.17, 15) is 9.59 Å². The summed E-state index contributed by atoms with van der Waals surface area (Å²) in [5, 5.41) is 5.18. The van der Waals surface area contributed by atoms with E-state index in [0.717, 1.165) is 58.5 Å². The van der Waals surface area contributed by atoms with Crippen LogP contribution in [0, 0.1) is 13.8 Å². The maximum atomic E-state index is 13.7. The zero-order valence-corrected chi connectivity index (χ0v) is 20.6. The molecule has 1 N–H and O–H groups in total. The van der Waals surface area contributed by atoms with Gasteiger partial charge in [0.25, 0.3) is 11.5 Å². The monoisotopic (exact) mass is 492 g/mol. The predicted molar refractivity (Wildman–Crippen MR) is 137 cm³/mol. The molecule has 0 aliphatic heterocycles. The third-order valence-electron chi connectivity index (χ3n) is 5.72. The maximum Gasteiger partial charge on any atom is 0.267 e. The van der Waals surface area contributed by atoms with E-state index in [2.05, 4.69) is 10.5 Å². The van der Waals surface area contributed by atoms with Crippen molar-refractivity contribution in [3.8, 4) is 5.69 Å². The van der Waals surface area contributed by atoms with Crippen LogP contribution in [0.5, 0.6) is 0 Å². The molecule has 0 saturated heterocycles. The van der Waals surface area contributed by atoms with E-state index in [1.165, 1.54) is 22.9 Å². The number of hydrogen-bond donors (Lipinski definition) is 1. The highest BCUT2D eigenvalue weighted by molar-refractivity contribution is 7.99. The first-order chi connectivity index (χ1) is 16.5. The summed E-state index contributed by atoms with van der Waals surface area (Å²) in [7, 11) is 0. The summed E-state index contributed by atoms with van der Waals surface area (Å²) in [5.41, 5.74) is 5.45. The average Bonchev–Trinajstić information content (AvgIpc) is 3.41. The number of hydrazone groups is 1. The van der Waals surface area contributed by atoms with Gasteiger partial charge in [-0.2, -0.15) is 5.10 Å². The summed E-state index contributed by atoms with van der Waals surface area (Å²) in [5.74, 6) is 1.12. The largest absolute Gasteiger partial charge is 0.460 e. The Balaban J connectivity index is 1.45. The molecule has 5 rings (SSSR count). The van der Waals surface area contributed by atoms with E-state index >= 15 is 0 Å². The van der Waals surface area contributed by atoms with Crippen LogP contribution >= 0.6 is 23.1 Å². The van der Waals surface area contributed by atoms with Crippen molar-refractivity contribution < 1.29 is 9.21 Å². The molecule has 0 spiro atoms. The predicted octanol–water partition coefficient (Wildman–Crippen LogP) is 4.78. The molecule has 1 amide bonds. The number of aromatic nitrogens is 2. The molecular formula is C25H24N4O3S2. The van der Waals surface area contributed by atoms with Gasteiger partial charge < -0.3 is 4.42 Å². The smallest absolute Gasteiger partial charge is 0.267 e. The molecule has 4 aromatic rings. The number of thiophene rings is 1. The molecule has 1 aromatic carbocycles. The normalized spacial score (nSPS) is 13.5. The maximum absolute atomic E-state index is 13.7. The van der Waals surface area contributed by atoms with Crippen molar-refractivity contribution >= 4 is 45.4 Å². The number of nitrogens with one attached hydrogen (secondary N) is 1. The zero-order chi connectivity index (χ0) is 23.7. The van der Waals surface area contributed by atoms with Crippen LogP contribution in [0.1, 0.15) is 40.4 Å². The van der Waals surface area contributed by atoms with Gasteiger partial charge in [0.05, 0.1) is 23.0 Å². The van der Waals surface area contributed by atoms with E-state index in [1.807, 2.05) is 44.2 Å². The fourth-order valence-corrected chi connectivity index (χ4v) is 6.17. The summed E-state index contributed by atoms with van der Waals surface area (Å²) >= 11 is 2.84. The van der Waals surface area contributed by atoms with Crippen molar-refractivity contribution in [1.29, 1.82) is 0 Å². The van der Waals surface area contributed by atoms with Gasteiger partial charge >= 0.3 is 0 Å². The first-order valence-corrected chi connectivity index (χ1v) is 13.0. The van der Waals surface area contributed by atoms with Crippen LogP contribution in [-0.4, -0.2) is 27.4 Å². The lowest BCUT2D eigenvalue weighted by atomic mass is 9.97. The van der Waals surface area contributed by atoms with Crippen molar-refractivity contribution in [1.82, 2.24) is 15.0 Å². The summed E-state index contributed by atoms with van der Waals surface area (Å²) in [6.07, 6.45) is 5.61. The number of fused-ring (bicyclic) bond motifs is 3. The van der Waals surface area contributed by atoms with Crippen LogP contribution < -0.4 is 11.0 Å². The third kappa shape index (κ3) is 4.58. The number of rotatable bonds is 6. The van der Waals surface area contributed by atoms with Gasteiger partial charge in [-0.15, -0.1) is 11.3 Å². The number of carbonyl (C=O) groups is 1. The Hall–Kier alpha value is -3.17. The second-order valence-electron chi connectivity index (χ2n) is 8.29. The number of hydrogen-bond acceptors (Lipinski definition) is 7. The van der Waals surface area contributed by atoms with Gasteiger partial charge in [-0.25, -0.2) is 10.4 Å². The van der Waals surface area contributed by atoms with Gasteiger partial charge in [-0.1, -0.05) is 29.5 Å². The Morgan fingerprint density at radius 1 is 1.21 bits per heavy atom. The van der Waals surface area contributed by atoms with Crippen molar-refractivity contribution in [3.63, 3.8) is 0 Å². The molecule has 0 unspecified atom stereocenters. The van der Waals surface area contributed by atoms with Crippen molar-refractivity contribution in [2.45, 2.75) is 44.7 Å². The van der Waals surface area contributed by atoms with Crippen molar-refractivity contribution in [3.05, 3.63) is 74.3 Å². The Bertz CT molecular complexity index is 1450. The summed E-state index contributed by atoms with van der Waals surface area (Å²) in [4.78, 5) is 33.0. The number of amides is 1. The third-order valence-corrected chi connectivity index (χ3v) is 7.85. The van der Waals surface area contributed by atoms with Gasteiger partial charge in [-0.3, -0.25) is 14.2 Å². The molecule has 0 atom stereocenters. The van der Waals surface area contributed by atoms with Gasteiger partial charge in [-0.05, 0) is 69.4 Å². The zero-order valence-electron chi connectivity index (χ0n) is 19.0. The standard InChI is InChI=1S/C25H24N4O3S2/c1-15-7-10-17(11-8-15)29-24(31)22-19-5-3-4-6-20(19)34-23(22)27-25(29)33-14-21(30)28-26-13-18-12-9-16(2)32-18/h7-13H,3-6,14H2,1-2H3,(H,28,30)/b26-13+. The second-order valence-corrected chi connectivity index (χ2v) is 10.3. The van der Waals surface area contributed by atoms with Gasteiger partial charge in [0.15, 0.2) is 5.16 Å². The Labute approximate surface area is 204 Å². The van der Waals surface area contributed by atoms with Crippen LogP contribution in [0.2, 0.25) is 0 Å². The van der Waals surface area contributed by atoms with Gasteiger partial charge in [0.2, 0.25) is 0 Å². The molecule has 0 radical (unpaired) electrons. The number of nitrogens with zero attached hydrogens (tertiary/aromatic N) is 3. The summed E-state index contributed by atoms with van der Waals surface area (Å²) in [6, 6.07) is 11.4. The highest BCUT2D eigenvalue weighted by Gasteiger charge is 2.23. The number of aryl methyl sites for hydroxylation is 4. The summed E-state index contributed by atoms with van der Waals surface area (Å²) < 4.78 is 7.04. The fraction of sp³-hybridized carbons (Fsp3) is 0.280. The highest BCUT2D eigenvalue weighted by Crippen LogP contribution is 2.35. The van der Waals surface area contributed by atoms with E-state index in [4.69, 9.17) is 9.40 Å². The number of benzene rings is 1. The Morgan fingerprint density at radius 3 is 2.76 bits per heavy atom. The molecule has 1 aliphatic carbocycles. The first-order valence-electron chi connectivity index (χ1n) is 11.1. The molecule has 0 fully saturated rings. The summed E-state index contributed by atoms with van der Waals surface area (Å²) in [6.45, 7) is 3.85. The van der Waals surface area contributed by atoms with Crippen LogP contribution in [0.25, 0.3) is 15.9 Å². The molecule has 9 heteroatoms. The van der Waals surface area contributed by atoms with Crippen molar-refractivity contribution in [2.24, 2.45) is 5.10 Å². The van der Waals surface area contributed by atoms with Crippen LogP contribution in [-0.2, 0) is 17.6 Å². The van der Waals surface area contributed by atoms with E-state index < -0.39 is 0 Å². The van der Waals surface area contributed by atoms with Gasteiger partial charge in [0.1, 0.15) is 16.4 Å². The fourth-order valence-electron chi connectivity index (χ4n) is 4.06. The van der Waals surface area contributed by atoms with Crippen LogP contribution in [0.15, 0.2) is 55.9 Å². The first kappa shape index (κ1) is 22.6. The van der Waals surface area contributed by atoms with E-state index in [-0.39, 0.29) is 17.2 Å². The molecule has 1 aliphatic rings. The molecule has 3 heterocycles. The number of carbonyl (C=O) groups excluding carboxylic acids is 1. The Morgan fingerprint density at radius 2 is 2.00 bits per heavy atom. The SMILES string of the molecule is Cc1ccc(-n2c(SCC(=O)N/N=C/c3ccc(C)o3)nc3sc4c(c3c2=O)CCCC4)cc1. The molecule has 34 heavy (non-hydrogen) atoms. The lowest BCUT2D eigenvalue weighted by Crippen LogP contribution is -2.24. The van der Waals surface area contributed by atoms with E-state index in [0.29, 0.717) is 10.9 Å². The van der Waals surface area contributed by atoms with E-state index in [1.54, 1.807) is 22.0 Å². The number of thioether (sulfide) groups is 1. The average molecular weight is 493 g/mol. The minimum absolute atomic E-state index is 0.0672. The minimum Gasteiger partial charge on any atom is -0.460 e. The highest BCUT2D eigenvalue weighted by atomic mass is 32.2. The Kier molecular flexibility index (Phi) is 6.38. The quantitative estimate of drug-likeness (QED) is 0.181. The molecular weight excluding hydrogens is 468 g/mol. The molecule has 7 nitrogen and oxygen atoms in total. The second kappa shape index (κ2) is 9.60. The van der Waals surface area contributed by atoms with Crippen molar-refractivity contribution in [2.75, 3.05) is 5.75 Å². The topological polar surface area (TPSA) is 89.5 Å². The molecule has 3 aromatic heterocycles. The lowest BCUT2D eigenvalue weighted by Gasteiger charge is -2.13. The van der Waals surface area contributed by atoms with Crippen LogP contribution in [0.3, 0.4) is 0 Å². The molecule has 0 saturated carbocycles. The lowest BCUT2D eigenvalue weighted by molar-refractivity contribution is -0.118. The van der Waals surface area contributed by atoms with Gasteiger partial charge in [0, 0.05) is 4.88 Å².